The molecule has 3 aromatic rings. The minimum atomic E-state index is -4.48. The molecular formula is C17H15ClF3N3. The molecule has 0 atom stereocenters. The summed E-state index contributed by atoms with van der Waals surface area (Å²) in [7, 11) is 0. The first kappa shape index (κ1) is 16.8. The van der Waals surface area contributed by atoms with Crippen LogP contribution in [0.1, 0.15) is 24.6 Å². The molecule has 0 aliphatic carbocycles. The van der Waals surface area contributed by atoms with Crippen LogP contribution < -0.4 is 0 Å². The van der Waals surface area contributed by atoms with E-state index in [9.17, 15) is 13.2 Å². The van der Waals surface area contributed by atoms with E-state index in [0.29, 0.717) is 22.8 Å². The van der Waals surface area contributed by atoms with E-state index in [4.69, 9.17) is 11.6 Å². The average Bonchev–Trinajstić information content (AvgIpc) is 2.83. The first-order valence-electron chi connectivity index (χ1n) is 7.52. The summed E-state index contributed by atoms with van der Waals surface area (Å²) in [5.74, 6) is 0. The van der Waals surface area contributed by atoms with Crippen LogP contribution in [0.25, 0.3) is 22.3 Å². The van der Waals surface area contributed by atoms with Gasteiger partial charge in [0.15, 0.2) is 5.65 Å². The van der Waals surface area contributed by atoms with Crippen LogP contribution in [0, 0.1) is 6.92 Å². The van der Waals surface area contributed by atoms with Gasteiger partial charge in [0.25, 0.3) is 0 Å². The zero-order valence-electron chi connectivity index (χ0n) is 13.2. The molecule has 0 spiro atoms. The van der Waals surface area contributed by atoms with Gasteiger partial charge in [-0.25, -0.2) is 9.67 Å². The van der Waals surface area contributed by atoms with Crippen LogP contribution in [0.2, 0.25) is 5.02 Å². The molecule has 0 N–H and O–H groups in total. The van der Waals surface area contributed by atoms with Crippen molar-refractivity contribution in [2.75, 3.05) is 0 Å². The van der Waals surface area contributed by atoms with Crippen LogP contribution in [0.3, 0.4) is 0 Å². The molecule has 7 heteroatoms. The third kappa shape index (κ3) is 2.98. The number of rotatable bonds is 3. The Balaban J connectivity index is 2.32. The molecule has 126 valence electrons. The van der Waals surface area contributed by atoms with Crippen molar-refractivity contribution in [1.29, 1.82) is 0 Å². The van der Waals surface area contributed by atoms with Crippen LogP contribution in [0.15, 0.2) is 30.3 Å². The predicted molar refractivity (Wildman–Crippen MR) is 88.0 cm³/mol. The number of alkyl halides is 3. The number of aryl methyl sites for hydroxylation is 2. The van der Waals surface area contributed by atoms with Gasteiger partial charge in [0, 0.05) is 17.1 Å². The fourth-order valence-corrected chi connectivity index (χ4v) is 2.84. The summed E-state index contributed by atoms with van der Waals surface area (Å²) in [5, 5.41) is 4.82. The van der Waals surface area contributed by atoms with Crippen molar-refractivity contribution in [1.82, 2.24) is 14.8 Å². The summed E-state index contributed by atoms with van der Waals surface area (Å²) in [5.41, 5.74) is 0.713. The molecule has 3 rings (SSSR count). The lowest BCUT2D eigenvalue weighted by Gasteiger charge is -2.11. The Morgan fingerprint density at radius 1 is 1.17 bits per heavy atom. The second kappa shape index (κ2) is 6.09. The van der Waals surface area contributed by atoms with E-state index < -0.39 is 11.7 Å². The Morgan fingerprint density at radius 2 is 1.83 bits per heavy atom. The lowest BCUT2D eigenvalue weighted by molar-refractivity contribution is -0.136. The van der Waals surface area contributed by atoms with Crippen molar-refractivity contribution in [3.63, 3.8) is 0 Å². The van der Waals surface area contributed by atoms with Crippen molar-refractivity contribution < 1.29 is 13.2 Å². The maximum atomic E-state index is 13.6. The largest absolute Gasteiger partial charge is 0.417 e. The normalized spacial score (nSPS) is 12.1. The Hall–Kier alpha value is -2.08. The van der Waals surface area contributed by atoms with Crippen LogP contribution >= 0.6 is 11.6 Å². The summed E-state index contributed by atoms with van der Waals surface area (Å²) in [6, 6.07) is 7.65. The van der Waals surface area contributed by atoms with Crippen molar-refractivity contribution in [3.8, 4) is 11.3 Å². The fraction of sp³-hybridized carbons (Fsp3) is 0.294. The summed E-state index contributed by atoms with van der Waals surface area (Å²) in [6.45, 7) is 4.03. The van der Waals surface area contributed by atoms with Gasteiger partial charge in [0.2, 0.25) is 0 Å². The van der Waals surface area contributed by atoms with E-state index in [2.05, 4.69) is 10.1 Å². The fourth-order valence-electron chi connectivity index (χ4n) is 2.71. The molecule has 1 aromatic carbocycles. The van der Waals surface area contributed by atoms with E-state index in [1.807, 2.05) is 6.92 Å². The number of fused-ring (bicyclic) bond motifs is 1. The molecule has 2 heterocycles. The Bertz CT molecular complexity index is 883. The van der Waals surface area contributed by atoms with Gasteiger partial charge in [-0.05, 0) is 31.5 Å². The Labute approximate surface area is 142 Å². The summed E-state index contributed by atoms with van der Waals surface area (Å²) >= 11 is 5.85. The quantitative estimate of drug-likeness (QED) is 0.623. The topological polar surface area (TPSA) is 30.7 Å². The highest BCUT2D eigenvalue weighted by molar-refractivity contribution is 6.30. The molecule has 3 nitrogen and oxygen atoms in total. The number of aromatic nitrogens is 3. The maximum Gasteiger partial charge on any atom is 0.417 e. The standard InChI is InChI=1S/C17H15ClF3N3/c1-3-8-24-16-15(10(2)23-24)13(17(19,20)21)9-14(22-16)11-4-6-12(18)7-5-11/h4-7,9H,3,8H2,1-2H3. The second-order valence-electron chi connectivity index (χ2n) is 5.57. The average molecular weight is 354 g/mol. The smallest absolute Gasteiger partial charge is 0.247 e. The van der Waals surface area contributed by atoms with Crippen LogP contribution in [0.4, 0.5) is 13.2 Å². The molecule has 0 unspecified atom stereocenters. The van der Waals surface area contributed by atoms with Gasteiger partial charge >= 0.3 is 6.18 Å². The second-order valence-corrected chi connectivity index (χ2v) is 6.00. The van der Waals surface area contributed by atoms with Crippen molar-refractivity contribution >= 4 is 22.6 Å². The summed E-state index contributed by atoms with van der Waals surface area (Å²) < 4.78 is 42.2. The first-order chi connectivity index (χ1) is 11.3. The third-order valence-corrected chi connectivity index (χ3v) is 4.01. The SMILES string of the molecule is CCCn1nc(C)c2c(C(F)(F)F)cc(-c3ccc(Cl)cc3)nc21. The Kier molecular flexibility index (Phi) is 4.25. The lowest BCUT2D eigenvalue weighted by atomic mass is 10.1. The van der Waals surface area contributed by atoms with Crippen LogP contribution in [-0.4, -0.2) is 14.8 Å². The minimum absolute atomic E-state index is 0.0636. The van der Waals surface area contributed by atoms with Gasteiger partial charge in [0.05, 0.1) is 22.3 Å². The highest BCUT2D eigenvalue weighted by atomic mass is 35.5. The van der Waals surface area contributed by atoms with E-state index in [0.717, 1.165) is 12.5 Å². The molecule has 0 aliphatic heterocycles. The molecule has 24 heavy (non-hydrogen) atoms. The zero-order valence-corrected chi connectivity index (χ0v) is 13.9. The number of hydrogen-bond acceptors (Lipinski definition) is 2. The summed E-state index contributed by atoms with van der Waals surface area (Å²) in [4.78, 5) is 4.45. The highest BCUT2D eigenvalue weighted by Gasteiger charge is 2.35. The predicted octanol–water partition coefficient (Wildman–Crippen LogP) is 5.49. The number of hydrogen-bond donors (Lipinski definition) is 0. The van der Waals surface area contributed by atoms with Gasteiger partial charge in [0.1, 0.15) is 0 Å². The molecule has 0 bridgehead atoms. The minimum Gasteiger partial charge on any atom is -0.247 e. The number of nitrogens with zero attached hydrogens (tertiary/aromatic N) is 3. The van der Waals surface area contributed by atoms with Crippen molar-refractivity contribution in [3.05, 3.63) is 46.6 Å². The van der Waals surface area contributed by atoms with Gasteiger partial charge in [-0.15, -0.1) is 0 Å². The molecule has 2 aromatic heterocycles. The molecule has 0 aliphatic rings. The number of halogens is 4. The molecule has 0 fully saturated rings. The highest BCUT2D eigenvalue weighted by Crippen LogP contribution is 2.38. The number of pyridine rings is 1. The molecule has 0 saturated carbocycles. The van der Waals surface area contributed by atoms with E-state index in [1.54, 1.807) is 35.9 Å². The van der Waals surface area contributed by atoms with Gasteiger partial charge in [-0.3, -0.25) is 0 Å². The lowest BCUT2D eigenvalue weighted by Crippen LogP contribution is -2.08. The zero-order chi connectivity index (χ0) is 17.5. The van der Waals surface area contributed by atoms with E-state index in [1.165, 1.54) is 0 Å². The van der Waals surface area contributed by atoms with Crippen LogP contribution in [0.5, 0.6) is 0 Å². The molecule has 0 saturated heterocycles. The summed E-state index contributed by atoms with van der Waals surface area (Å²) in [6.07, 6.45) is -3.72. The van der Waals surface area contributed by atoms with Crippen molar-refractivity contribution in [2.24, 2.45) is 0 Å². The molecular weight excluding hydrogens is 339 g/mol. The molecule has 0 radical (unpaired) electrons. The third-order valence-electron chi connectivity index (χ3n) is 3.76. The van der Waals surface area contributed by atoms with Gasteiger partial charge in [-0.1, -0.05) is 30.7 Å². The monoisotopic (exact) mass is 353 g/mol. The maximum absolute atomic E-state index is 13.6. The van der Waals surface area contributed by atoms with Crippen molar-refractivity contribution in [2.45, 2.75) is 33.0 Å². The first-order valence-corrected chi connectivity index (χ1v) is 7.90. The van der Waals surface area contributed by atoms with E-state index >= 15 is 0 Å². The Morgan fingerprint density at radius 3 is 2.42 bits per heavy atom. The molecule has 0 amide bonds. The van der Waals surface area contributed by atoms with Gasteiger partial charge < -0.3 is 0 Å². The van der Waals surface area contributed by atoms with E-state index in [-0.39, 0.29) is 16.7 Å². The van der Waals surface area contributed by atoms with Gasteiger partial charge in [-0.2, -0.15) is 18.3 Å². The number of benzene rings is 1. The van der Waals surface area contributed by atoms with Crippen LogP contribution in [-0.2, 0) is 12.7 Å².